The van der Waals surface area contributed by atoms with Crippen LogP contribution in [0.1, 0.15) is 10.4 Å². The smallest absolute Gasteiger partial charge is 0.299 e. The Kier molecular flexibility index (Phi) is 5.41. The van der Waals surface area contributed by atoms with Crippen LogP contribution in [-0.4, -0.2) is 20.5 Å². The number of ketones is 1. The first-order chi connectivity index (χ1) is 14.6. The fourth-order valence-corrected chi connectivity index (χ4v) is 3.39. The standard InChI is InChI=1S/C23H16ClN3O3/c24-17-12-10-15(11-13-17)20(28)14-27-19-9-5-4-8-18(19)21(16-6-2-1-3-7-16)25-22(26-30)23(27)29/h1-13,30H,14H2. The van der Waals surface area contributed by atoms with Gasteiger partial charge in [-0.1, -0.05) is 65.3 Å². The van der Waals surface area contributed by atoms with Crippen LogP contribution < -0.4 is 11.0 Å². The van der Waals surface area contributed by atoms with Crippen molar-refractivity contribution in [2.75, 3.05) is 0 Å². The second-order valence-electron chi connectivity index (χ2n) is 6.59. The Morgan fingerprint density at radius 2 is 1.63 bits per heavy atom. The van der Waals surface area contributed by atoms with Crippen molar-refractivity contribution in [2.45, 2.75) is 6.54 Å². The van der Waals surface area contributed by atoms with Crippen molar-refractivity contribution in [3.05, 3.63) is 105 Å². The average molecular weight is 418 g/mol. The highest BCUT2D eigenvalue weighted by Crippen LogP contribution is 2.24. The van der Waals surface area contributed by atoms with Crippen LogP contribution in [0.2, 0.25) is 5.02 Å². The lowest BCUT2D eigenvalue weighted by Gasteiger charge is -2.08. The molecule has 30 heavy (non-hydrogen) atoms. The fourth-order valence-electron chi connectivity index (χ4n) is 3.26. The van der Waals surface area contributed by atoms with E-state index in [1.165, 1.54) is 4.57 Å². The van der Waals surface area contributed by atoms with Crippen LogP contribution in [0.4, 0.5) is 0 Å². The van der Waals surface area contributed by atoms with Gasteiger partial charge in [0.15, 0.2) is 5.78 Å². The highest BCUT2D eigenvalue weighted by molar-refractivity contribution is 6.30. The van der Waals surface area contributed by atoms with Gasteiger partial charge in [-0.3, -0.25) is 14.2 Å². The summed E-state index contributed by atoms with van der Waals surface area (Å²) in [4.78, 5) is 30.3. The van der Waals surface area contributed by atoms with Crippen molar-refractivity contribution >= 4 is 28.3 Å². The summed E-state index contributed by atoms with van der Waals surface area (Å²) >= 11 is 5.90. The fraction of sp³-hybridized carbons (Fsp3) is 0.0435. The largest absolute Gasteiger partial charge is 0.409 e. The number of hydrogen-bond donors (Lipinski definition) is 1. The summed E-state index contributed by atoms with van der Waals surface area (Å²) in [6, 6.07) is 22.9. The lowest BCUT2D eigenvalue weighted by atomic mass is 10.1. The number of aromatic nitrogens is 2. The molecule has 148 valence electrons. The predicted octanol–water partition coefficient (Wildman–Crippen LogP) is 3.89. The van der Waals surface area contributed by atoms with E-state index in [9.17, 15) is 14.8 Å². The molecular formula is C23H16ClN3O3. The molecule has 0 saturated carbocycles. The molecule has 0 aliphatic heterocycles. The predicted molar refractivity (Wildman–Crippen MR) is 115 cm³/mol. The second-order valence-corrected chi connectivity index (χ2v) is 7.02. The topological polar surface area (TPSA) is 84.5 Å². The van der Waals surface area contributed by atoms with Crippen LogP contribution >= 0.6 is 11.6 Å². The third-order valence-electron chi connectivity index (χ3n) is 4.71. The van der Waals surface area contributed by atoms with E-state index in [2.05, 4.69) is 10.1 Å². The molecule has 0 unspecified atom stereocenters. The van der Waals surface area contributed by atoms with Gasteiger partial charge >= 0.3 is 0 Å². The monoisotopic (exact) mass is 417 g/mol. The molecule has 6 nitrogen and oxygen atoms in total. The average Bonchev–Trinajstić information content (AvgIpc) is 2.90. The molecule has 0 aliphatic carbocycles. The third-order valence-corrected chi connectivity index (χ3v) is 4.97. The molecule has 0 saturated heterocycles. The molecule has 0 aliphatic rings. The summed E-state index contributed by atoms with van der Waals surface area (Å²) < 4.78 is 1.28. The van der Waals surface area contributed by atoms with Crippen molar-refractivity contribution in [3.8, 4) is 11.3 Å². The molecule has 1 aromatic heterocycles. The van der Waals surface area contributed by atoms with Gasteiger partial charge in [-0.05, 0) is 30.3 Å². The molecule has 7 heteroatoms. The summed E-state index contributed by atoms with van der Waals surface area (Å²) in [6.07, 6.45) is 0. The van der Waals surface area contributed by atoms with Gasteiger partial charge in [-0.25, -0.2) is 4.98 Å². The Morgan fingerprint density at radius 1 is 0.967 bits per heavy atom. The van der Waals surface area contributed by atoms with Crippen molar-refractivity contribution < 1.29 is 10.0 Å². The molecule has 4 aromatic rings. The molecule has 0 bridgehead atoms. The van der Waals surface area contributed by atoms with Gasteiger partial charge in [0.05, 0.1) is 17.8 Å². The van der Waals surface area contributed by atoms with Crippen LogP contribution in [0.3, 0.4) is 0 Å². The minimum absolute atomic E-state index is 0.242. The van der Waals surface area contributed by atoms with E-state index in [1.54, 1.807) is 36.4 Å². The first-order valence-electron chi connectivity index (χ1n) is 9.14. The normalized spacial score (nSPS) is 11.6. The zero-order valence-corrected chi connectivity index (χ0v) is 16.5. The second kappa shape index (κ2) is 8.31. The molecule has 0 fully saturated rings. The minimum Gasteiger partial charge on any atom is -0.409 e. The zero-order chi connectivity index (χ0) is 21.1. The number of hydrogen-bond acceptors (Lipinski definition) is 5. The SMILES string of the molecule is O=C(Cn1c(=O)c(=NO)nc(-c2ccccc2)c2ccccc21)c1ccc(Cl)cc1. The molecule has 4 rings (SSSR count). The Hall–Kier alpha value is -3.77. The zero-order valence-electron chi connectivity index (χ0n) is 15.7. The third kappa shape index (κ3) is 3.73. The number of benzene rings is 3. The number of nitrogens with zero attached hydrogens (tertiary/aromatic N) is 3. The summed E-state index contributed by atoms with van der Waals surface area (Å²) in [6.45, 7) is -0.242. The highest BCUT2D eigenvalue weighted by atomic mass is 35.5. The summed E-state index contributed by atoms with van der Waals surface area (Å²) in [5.74, 6) is -0.282. The first-order valence-corrected chi connectivity index (χ1v) is 9.52. The quantitative estimate of drug-likeness (QED) is 0.310. The van der Waals surface area contributed by atoms with Crippen molar-refractivity contribution in [1.29, 1.82) is 0 Å². The van der Waals surface area contributed by atoms with E-state index in [0.717, 1.165) is 5.56 Å². The Balaban J connectivity index is 1.99. The summed E-state index contributed by atoms with van der Waals surface area (Å²) in [7, 11) is 0. The number of carbonyl (C=O) groups excluding carboxylic acids is 1. The van der Waals surface area contributed by atoms with Gasteiger partial charge in [0, 0.05) is 21.5 Å². The van der Waals surface area contributed by atoms with E-state index in [-0.39, 0.29) is 12.3 Å². The molecule has 0 atom stereocenters. The van der Waals surface area contributed by atoms with Crippen LogP contribution in [0.25, 0.3) is 22.2 Å². The van der Waals surface area contributed by atoms with E-state index < -0.39 is 11.0 Å². The minimum atomic E-state index is -0.668. The van der Waals surface area contributed by atoms with Crippen LogP contribution in [-0.2, 0) is 6.54 Å². The van der Waals surface area contributed by atoms with Gasteiger partial charge in [0.25, 0.3) is 11.0 Å². The van der Waals surface area contributed by atoms with Crippen LogP contribution in [0.5, 0.6) is 0 Å². The molecule has 3 aromatic carbocycles. The number of Topliss-reactive ketones (excluding diaryl/α,β-unsaturated/α-hetero) is 1. The lowest BCUT2D eigenvalue weighted by Crippen LogP contribution is -2.36. The number of halogens is 1. The van der Waals surface area contributed by atoms with Crippen LogP contribution in [0.15, 0.2) is 88.8 Å². The van der Waals surface area contributed by atoms with Crippen molar-refractivity contribution in [2.24, 2.45) is 5.16 Å². The maximum absolute atomic E-state index is 13.1. The van der Waals surface area contributed by atoms with Gasteiger partial charge in [-0.15, -0.1) is 0 Å². The molecule has 0 amide bonds. The van der Waals surface area contributed by atoms with E-state index in [1.807, 2.05) is 42.5 Å². The van der Waals surface area contributed by atoms with E-state index in [0.29, 0.717) is 27.2 Å². The summed E-state index contributed by atoms with van der Waals surface area (Å²) in [5, 5.41) is 13.7. The van der Waals surface area contributed by atoms with E-state index in [4.69, 9.17) is 11.6 Å². The summed E-state index contributed by atoms with van der Waals surface area (Å²) in [5.41, 5.74) is 1.09. The Morgan fingerprint density at radius 3 is 2.33 bits per heavy atom. The maximum atomic E-state index is 13.1. The van der Waals surface area contributed by atoms with Crippen molar-refractivity contribution in [3.63, 3.8) is 0 Å². The van der Waals surface area contributed by atoms with Gasteiger partial charge in [0.2, 0.25) is 0 Å². The molecule has 0 spiro atoms. The molecular weight excluding hydrogens is 402 g/mol. The number of rotatable bonds is 4. The lowest BCUT2D eigenvalue weighted by molar-refractivity contribution is 0.0972. The molecule has 1 N–H and O–H groups in total. The highest BCUT2D eigenvalue weighted by Gasteiger charge is 2.15. The number of para-hydroxylation sites is 1. The first kappa shape index (κ1) is 19.5. The Bertz CT molecular complexity index is 1360. The molecule has 1 heterocycles. The van der Waals surface area contributed by atoms with Crippen molar-refractivity contribution in [1.82, 2.24) is 9.55 Å². The van der Waals surface area contributed by atoms with Gasteiger partial charge in [-0.2, -0.15) is 0 Å². The van der Waals surface area contributed by atoms with Crippen LogP contribution in [0, 0.1) is 0 Å². The molecule has 0 radical (unpaired) electrons. The maximum Gasteiger partial charge on any atom is 0.299 e. The van der Waals surface area contributed by atoms with Gasteiger partial charge < -0.3 is 5.21 Å². The number of fused-ring (bicyclic) bond motifs is 1. The van der Waals surface area contributed by atoms with Gasteiger partial charge in [0.1, 0.15) is 0 Å². The Labute approximate surface area is 176 Å². The van der Waals surface area contributed by atoms with E-state index >= 15 is 0 Å². The number of carbonyl (C=O) groups is 1.